The predicted molar refractivity (Wildman–Crippen MR) is 96.4 cm³/mol. The van der Waals surface area contributed by atoms with Gasteiger partial charge in [0.25, 0.3) is 0 Å². The SMILES string of the molecule is C[C@H](Sc1nnc(NCc2ccc(F)cc2)s1)C(=O)N1CCOCC1. The molecule has 1 aliphatic heterocycles. The average Bonchev–Trinajstić information content (AvgIpc) is 3.08. The minimum absolute atomic E-state index is 0.101. The van der Waals surface area contributed by atoms with Crippen LogP contribution in [-0.2, 0) is 16.1 Å². The second-order valence-electron chi connectivity index (χ2n) is 5.55. The number of anilines is 1. The summed E-state index contributed by atoms with van der Waals surface area (Å²) in [7, 11) is 0. The molecule has 1 aromatic carbocycles. The first-order valence-electron chi connectivity index (χ1n) is 7.97. The quantitative estimate of drug-likeness (QED) is 0.775. The van der Waals surface area contributed by atoms with Gasteiger partial charge in [-0.25, -0.2) is 4.39 Å². The molecule has 2 aromatic rings. The topological polar surface area (TPSA) is 67.4 Å². The highest BCUT2D eigenvalue weighted by Crippen LogP contribution is 2.30. The lowest BCUT2D eigenvalue weighted by molar-refractivity contribution is -0.134. The van der Waals surface area contributed by atoms with E-state index in [9.17, 15) is 9.18 Å². The van der Waals surface area contributed by atoms with E-state index in [0.29, 0.717) is 38.0 Å². The van der Waals surface area contributed by atoms with Crippen molar-refractivity contribution >= 4 is 34.1 Å². The number of morpholine rings is 1. The van der Waals surface area contributed by atoms with Crippen molar-refractivity contribution in [1.29, 1.82) is 0 Å². The first-order chi connectivity index (χ1) is 12.1. The summed E-state index contributed by atoms with van der Waals surface area (Å²) in [5.41, 5.74) is 0.960. The van der Waals surface area contributed by atoms with E-state index < -0.39 is 0 Å². The molecule has 134 valence electrons. The van der Waals surface area contributed by atoms with Crippen LogP contribution in [0.4, 0.5) is 9.52 Å². The third-order valence-corrected chi connectivity index (χ3v) is 5.76. The van der Waals surface area contributed by atoms with E-state index in [4.69, 9.17) is 4.74 Å². The van der Waals surface area contributed by atoms with Gasteiger partial charge in [-0.05, 0) is 24.6 Å². The number of benzene rings is 1. The molecule has 1 saturated heterocycles. The van der Waals surface area contributed by atoms with E-state index in [1.54, 1.807) is 12.1 Å². The second kappa shape index (κ2) is 8.59. The monoisotopic (exact) mass is 382 g/mol. The summed E-state index contributed by atoms with van der Waals surface area (Å²) in [6.07, 6.45) is 0. The van der Waals surface area contributed by atoms with Gasteiger partial charge in [0.2, 0.25) is 11.0 Å². The van der Waals surface area contributed by atoms with Crippen LogP contribution >= 0.6 is 23.1 Å². The van der Waals surface area contributed by atoms with Crippen LogP contribution in [0.5, 0.6) is 0 Å². The molecule has 3 rings (SSSR count). The molecule has 0 aliphatic carbocycles. The van der Waals surface area contributed by atoms with Gasteiger partial charge in [0.15, 0.2) is 4.34 Å². The van der Waals surface area contributed by atoms with Crippen LogP contribution in [0.3, 0.4) is 0 Å². The van der Waals surface area contributed by atoms with Crippen molar-refractivity contribution in [2.75, 3.05) is 31.6 Å². The third-order valence-electron chi connectivity index (χ3n) is 3.71. The zero-order chi connectivity index (χ0) is 17.6. The molecule has 1 amide bonds. The summed E-state index contributed by atoms with van der Waals surface area (Å²) < 4.78 is 18.9. The standard InChI is InChI=1S/C16H19FN4O2S2/c1-11(14(22)21-6-8-23-9-7-21)24-16-20-19-15(25-16)18-10-12-2-4-13(17)5-3-12/h2-5,11H,6-10H2,1H3,(H,18,19)/t11-/m0/s1. The average molecular weight is 382 g/mol. The largest absolute Gasteiger partial charge is 0.378 e. The fourth-order valence-corrected chi connectivity index (χ4v) is 4.33. The van der Waals surface area contributed by atoms with Gasteiger partial charge < -0.3 is 15.0 Å². The number of halogens is 1. The Morgan fingerprint density at radius 3 is 2.80 bits per heavy atom. The molecule has 0 spiro atoms. The first kappa shape index (κ1) is 18.1. The zero-order valence-corrected chi connectivity index (χ0v) is 15.4. The maximum absolute atomic E-state index is 12.9. The number of ether oxygens (including phenoxy) is 1. The molecule has 1 fully saturated rings. The molecule has 1 aromatic heterocycles. The highest BCUT2D eigenvalue weighted by molar-refractivity contribution is 8.02. The van der Waals surface area contributed by atoms with E-state index in [1.807, 2.05) is 11.8 Å². The Hall–Kier alpha value is -1.71. The van der Waals surface area contributed by atoms with Gasteiger partial charge in [0.05, 0.1) is 18.5 Å². The molecular weight excluding hydrogens is 363 g/mol. The molecule has 2 heterocycles. The van der Waals surface area contributed by atoms with Crippen molar-refractivity contribution < 1.29 is 13.9 Å². The number of carbonyl (C=O) groups excluding carboxylic acids is 1. The van der Waals surface area contributed by atoms with Crippen molar-refractivity contribution in [2.45, 2.75) is 23.1 Å². The van der Waals surface area contributed by atoms with Crippen LogP contribution in [0.1, 0.15) is 12.5 Å². The summed E-state index contributed by atoms with van der Waals surface area (Å²) in [6, 6.07) is 6.30. The highest BCUT2D eigenvalue weighted by Gasteiger charge is 2.24. The normalized spacial score (nSPS) is 15.8. The lowest BCUT2D eigenvalue weighted by Gasteiger charge is -2.28. The van der Waals surface area contributed by atoms with Crippen LogP contribution in [0, 0.1) is 5.82 Å². The van der Waals surface area contributed by atoms with E-state index in [-0.39, 0.29) is 17.0 Å². The number of hydrogen-bond donors (Lipinski definition) is 1. The van der Waals surface area contributed by atoms with Gasteiger partial charge in [-0.2, -0.15) is 0 Å². The van der Waals surface area contributed by atoms with Crippen molar-refractivity contribution in [3.8, 4) is 0 Å². The Bertz CT molecular complexity index is 704. The predicted octanol–water partition coefficient (Wildman–Crippen LogP) is 2.63. The molecule has 9 heteroatoms. The van der Waals surface area contributed by atoms with Gasteiger partial charge in [0, 0.05) is 19.6 Å². The van der Waals surface area contributed by atoms with Gasteiger partial charge in [0.1, 0.15) is 5.82 Å². The number of hydrogen-bond acceptors (Lipinski definition) is 7. The van der Waals surface area contributed by atoms with Gasteiger partial charge in [-0.1, -0.05) is 35.2 Å². The number of aromatic nitrogens is 2. The molecule has 25 heavy (non-hydrogen) atoms. The maximum Gasteiger partial charge on any atom is 0.236 e. The number of nitrogens with zero attached hydrogens (tertiary/aromatic N) is 3. The fourth-order valence-electron chi connectivity index (χ4n) is 2.35. The van der Waals surface area contributed by atoms with Crippen molar-refractivity contribution in [1.82, 2.24) is 15.1 Å². The number of amides is 1. The minimum atomic E-state index is -0.253. The second-order valence-corrected chi connectivity index (χ2v) is 8.12. The summed E-state index contributed by atoms with van der Waals surface area (Å²) in [4.78, 5) is 14.2. The summed E-state index contributed by atoms with van der Waals surface area (Å²) in [5, 5.41) is 11.8. The van der Waals surface area contributed by atoms with Crippen LogP contribution < -0.4 is 5.32 Å². The molecule has 1 aliphatic rings. The van der Waals surface area contributed by atoms with Crippen LogP contribution in [0.25, 0.3) is 0 Å². The fraction of sp³-hybridized carbons (Fsp3) is 0.438. The highest BCUT2D eigenvalue weighted by atomic mass is 32.2. The molecule has 1 N–H and O–H groups in total. The smallest absolute Gasteiger partial charge is 0.236 e. The Morgan fingerprint density at radius 2 is 2.08 bits per heavy atom. The van der Waals surface area contributed by atoms with Gasteiger partial charge >= 0.3 is 0 Å². The molecule has 0 unspecified atom stereocenters. The molecule has 0 bridgehead atoms. The van der Waals surface area contributed by atoms with Crippen LogP contribution in [-0.4, -0.2) is 52.6 Å². The first-order valence-corrected chi connectivity index (χ1v) is 9.66. The van der Waals surface area contributed by atoms with Crippen molar-refractivity contribution in [3.05, 3.63) is 35.6 Å². The molecule has 1 atom stereocenters. The number of rotatable bonds is 6. The maximum atomic E-state index is 12.9. The molecule has 0 radical (unpaired) electrons. The Kier molecular flexibility index (Phi) is 6.22. The van der Waals surface area contributed by atoms with Crippen molar-refractivity contribution in [3.63, 3.8) is 0 Å². The Balaban J connectivity index is 1.50. The lowest BCUT2D eigenvalue weighted by Crippen LogP contribution is -2.44. The summed E-state index contributed by atoms with van der Waals surface area (Å²) >= 11 is 2.82. The number of carbonyl (C=O) groups is 1. The van der Waals surface area contributed by atoms with Gasteiger partial charge in [-0.15, -0.1) is 10.2 Å². The number of thioether (sulfide) groups is 1. The van der Waals surface area contributed by atoms with Crippen molar-refractivity contribution in [2.24, 2.45) is 0 Å². The molecule has 0 saturated carbocycles. The van der Waals surface area contributed by atoms with Gasteiger partial charge in [-0.3, -0.25) is 4.79 Å². The van der Waals surface area contributed by atoms with Crippen LogP contribution in [0.15, 0.2) is 28.6 Å². The summed E-state index contributed by atoms with van der Waals surface area (Å²) in [5.74, 6) is -0.151. The van der Waals surface area contributed by atoms with E-state index in [0.717, 1.165) is 9.90 Å². The van der Waals surface area contributed by atoms with Crippen LogP contribution in [0.2, 0.25) is 0 Å². The van der Waals surface area contributed by atoms with E-state index >= 15 is 0 Å². The zero-order valence-electron chi connectivity index (χ0n) is 13.8. The molecule has 6 nitrogen and oxygen atoms in total. The van der Waals surface area contributed by atoms with E-state index in [2.05, 4.69) is 15.5 Å². The Labute approximate surface area is 153 Å². The Morgan fingerprint density at radius 1 is 1.36 bits per heavy atom. The van der Waals surface area contributed by atoms with E-state index in [1.165, 1.54) is 35.2 Å². The summed E-state index contributed by atoms with van der Waals surface area (Å²) in [6.45, 7) is 4.91. The minimum Gasteiger partial charge on any atom is -0.378 e. The molecular formula is C16H19FN4O2S2. The third kappa shape index (κ3) is 5.13. The number of nitrogens with one attached hydrogen (secondary N) is 1. The lowest BCUT2D eigenvalue weighted by atomic mass is 10.2.